The van der Waals surface area contributed by atoms with Crippen molar-refractivity contribution in [1.82, 2.24) is 5.43 Å². The minimum atomic E-state index is -0.421. The molecule has 0 radical (unpaired) electrons. The second kappa shape index (κ2) is 8.70. The van der Waals surface area contributed by atoms with Gasteiger partial charge in [-0.15, -0.1) is 0 Å². The number of carbonyl (C=O) groups is 1. The highest BCUT2D eigenvalue weighted by Crippen LogP contribution is 2.30. The summed E-state index contributed by atoms with van der Waals surface area (Å²) < 4.78 is 11.6. The average molecular weight is 458 g/mol. The van der Waals surface area contributed by atoms with Gasteiger partial charge in [0.2, 0.25) is 0 Å². The first kappa shape index (κ1) is 18.3. The number of amides is 1. The van der Waals surface area contributed by atoms with E-state index in [1.807, 2.05) is 0 Å². The van der Waals surface area contributed by atoms with Crippen LogP contribution in [0.4, 0.5) is 0 Å². The molecule has 0 spiro atoms. The zero-order valence-corrected chi connectivity index (χ0v) is 15.8. The van der Waals surface area contributed by atoms with Crippen LogP contribution in [0.15, 0.2) is 50.4 Å². The van der Waals surface area contributed by atoms with Crippen LogP contribution in [-0.4, -0.2) is 30.9 Å². The maximum atomic E-state index is 11.7. The largest absolute Gasteiger partial charge is 0.506 e. The Morgan fingerprint density at radius 2 is 1.92 bits per heavy atom. The summed E-state index contributed by atoms with van der Waals surface area (Å²) >= 11 is 6.53. The molecule has 0 atom stereocenters. The Morgan fingerprint density at radius 3 is 2.58 bits per heavy atom. The predicted molar refractivity (Wildman–Crippen MR) is 97.7 cm³/mol. The molecule has 24 heavy (non-hydrogen) atoms. The third-order valence-corrected chi connectivity index (χ3v) is 3.94. The van der Waals surface area contributed by atoms with Gasteiger partial charge in [0.05, 0.1) is 17.8 Å². The van der Waals surface area contributed by atoms with Crippen molar-refractivity contribution in [3.05, 3.63) is 50.9 Å². The predicted octanol–water partition coefficient (Wildman–Crippen LogP) is 3.45. The zero-order valence-electron chi connectivity index (χ0n) is 12.6. The van der Waals surface area contributed by atoms with Gasteiger partial charge in [0.1, 0.15) is 17.2 Å². The molecular formula is C16H14Br2N2O4. The summed E-state index contributed by atoms with van der Waals surface area (Å²) in [5.41, 5.74) is 2.78. The Kier molecular flexibility index (Phi) is 6.62. The second-order valence-corrected chi connectivity index (χ2v) is 6.35. The number of hydrogen-bond acceptors (Lipinski definition) is 5. The molecule has 1 amide bonds. The number of nitrogens with one attached hydrogen (secondary N) is 1. The summed E-state index contributed by atoms with van der Waals surface area (Å²) in [5, 5.41) is 13.7. The highest BCUT2D eigenvalue weighted by molar-refractivity contribution is 9.11. The van der Waals surface area contributed by atoms with Gasteiger partial charge >= 0.3 is 0 Å². The maximum Gasteiger partial charge on any atom is 0.277 e. The molecule has 0 aromatic heterocycles. The molecule has 0 heterocycles. The number of hydrazone groups is 1. The van der Waals surface area contributed by atoms with E-state index >= 15 is 0 Å². The van der Waals surface area contributed by atoms with E-state index in [9.17, 15) is 9.90 Å². The summed E-state index contributed by atoms with van der Waals surface area (Å²) in [6.07, 6.45) is 1.34. The molecule has 0 unspecified atom stereocenters. The summed E-state index contributed by atoms with van der Waals surface area (Å²) in [6.45, 7) is -0.183. The van der Waals surface area contributed by atoms with E-state index in [0.717, 1.165) is 4.47 Å². The van der Waals surface area contributed by atoms with Gasteiger partial charge in [-0.25, -0.2) is 5.43 Å². The van der Waals surface area contributed by atoms with Gasteiger partial charge < -0.3 is 14.6 Å². The number of ether oxygens (including phenoxy) is 2. The highest BCUT2D eigenvalue weighted by atomic mass is 79.9. The number of halogens is 2. The lowest BCUT2D eigenvalue weighted by molar-refractivity contribution is -0.123. The van der Waals surface area contributed by atoms with Gasteiger partial charge in [-0.05, 0) is 52.3 Å². The van der Waals surface area contributed by atoms with E-state index in [2.05, 4.69) is 42.4 Å². The number of methoxy groups -OCH3 is 1. The molecular weight excluding hydrogens is 444 g/mol. The fourth-order valence-electron chi connectivity index (χ4n) is 1.71. The quantitative estimate of drug-likeness (QED) is 0.514. The number of phenols is 1. The van der Waals surface area contributed by atoms with Gasteiger partial charge in [-0.1, -0.05) is 15.9 Å². The van der Waals surface area contributed by atoms with E-state index in [1.54, 1.807) is 43.5 Å². The normalized spacial score (nSPS) is 10.6. The molecule has 8 heteroatoms. The van der Waals surface area contributed by atoms with Crippen LogP contribution in [0.2, 0.25) is 0 Å². The van der Waals surface area contributed by atoms with Gasteiger partial charge in [0.25, 0.3) is 5.91 Å². The lowest BCUT2D eigenvalue weighted by Crippen LogP contribution is -2.24. The molecule has 2 aromatic carbocycles. The minimum Gasteiger partial charge on any atom is -0.506 e. The molecule has 0 saturated carbocycles. The molecule has 0 saturated heterocycles. The van der Waals surface area contributed by atoms with Crippen molar-refractivity contribution < 1.29 is 19.4 Å². The molecule has 126 valence electrons. The number of rotatable bonds is 6. The fraction of sp³-hybridized carbons (Fsp3) is 0.125. The molecule has 6 nitrogen and oxygen atoms in total. The highest BCUT2D eigenvalue weighted by Gasteiger charge is 2.06. The van der Waals surface area contributed by atoms with Crippen LogP contribution in [0, 0.1) is 0 Å². The van der Waals surface area contributed by atoms with Crippen molar-refractivity contribution in [3.63, 3.8) is 0 Å². The maximum absolute atomic E-state index is 11.7. The molecule has 0 fully saturated rings. The SMILES string of the molecule is COc1ccc(OCC(=O)N/N=C\c2cc(Br)cc(Br)c2O)cc1. The first-order valence-electron chi connectivity index (χ1n) is 6.76. The van der Waals surface area contributed by atoms with Crippen molar-refractivity contribution in [1.29, 1.82) is 0 Å². The number of hydrogen-bond donors (Lipinski definition) is 2. The van der Waals surface area contributed by atoms with Gasteiger partial charge in [0, 0.05) is 10.0 Å². The van der Waals surface area contributed by atoms with Crippen molar-refractivity contribution in [2.24, 2.45) is 5.10 Å². The van der Waals surface area contributed by atoms with Crippen LogP contribution in [0.5, 0.6) is 17.2 Å². The Morgan fingerprint density at radius 1 is 1.25 bits per heavy atom. The Labute approximate surface area is 155 Å². The Balaban J connectivity index is 1.86. The van der Waals surface area contributed by atoms with Gasteiger partial charge in [-0.3, -0.25) is 4.79 Å². The van der Waals surface area contributed by atoms with E-state index in [1.165, 1.54) is 6.21 Å². The first-order chi connectivity index (χ1) is 11.5. The summed E-state index contributed by atoms with van der Waals surface area (Å²) in [6, 6.07) is 10.2. The summed E-state index contributed by atoms with van der Waals surface area (Å²) in [5.74, 6) is 0.862. The van der Waals surface area contributed by atoms with Crippen molar-refractivity contribution in [2.45, 2.75) is 0 Å². The van der Waals surface area contributed by atoms with Gasteiger partial charge in [-0.2, -0.15) is 5.10 Å². The van der Waals surface area contributed by atoms with Crippen LogP contribution in [0.25, 0.3) is 0 Å². The van der Waals surface area contributed by atoms with Crippen LogP contribution < -0.4 is 14.9 Å². The van der Waals surface area contributed by atoms with Crippen LogP contribution >= 0.6 is 31.9 Å². The van der Waals surface area contributed by atoms with E-state index in [-0.39, 0.29) is 12.4 Å². The topological polar surface area (TPSA) is 80.2 Å². The molecule has 2 rings (SSSR count). The van der Waals surface area contributed by atoms with E-state index < -0.39 is 5.91 Å². The number of benzene rings is 2. The Hall–Kier alpha value is -2.06. The molecule has 0 bridgehead atoms. The lowest BCUT2D eigenvalue weighted by Gasteiger charge is -2.06. The van der Waals surface area contributed by atoms with E-state index in [0.29, 0.717) is 21.5 Å². The number of nitrogens with zero attached hydrogens (tertiary/aromatic N) is 1. The molecule has 0 aliphatic rings. The van der Waals surface area contributed by atoms with Crippen LogP contribution in [-0.2, 0) is 4.79 Å². The number of aromatic hydroxyl groups is 1. The third-order valence-electron chi connectivity index (χ3n) is 2.88. The number of phenolic OH excluding ortho intramolecular Hbond substituents is 1. The van der Waals surface area contributed by atoms with Crippen molar-refractivity contribution in [2.75, 3.05) is 13.7 Å². The second-order valence-electron chi connectivity index (χ2n) is 4.58. The van der Waals surface area contributed by atoms with Crippen molar-refractivity contribution in [3.8, 4) is 17.2 Å². The van der Waals surface area contributed by atoms with Gasteiger partial charge in [0.15, 0.2) is 6.61 Å². The lowest BCUT2D eigenvalue weighted by atomic mass is 10.2. The molecule has 2 N–H and O–H groups in total. The number of carbonyl (C=O) groups excluding carboxylic acids is 1. The summed E-state index contributed by atoms with van der Waals surface area (Å²) in [7, 11) is 1.57. The third kappa shape index (κ3) is 5.24. The van der Waals surface area contributed by atoms with Crippen LogP contribution in [0.1, 0.15) is 5.56 Å². The van der Waals surface area contributed by atoms with E-state index in [4.69, 9.17) is 9.47 Å². The monoisotopic (exact) mass is 456 g/mol. The standard InChI is InChI=1S/C16H14Br2N2O4/c1-23-12-2-4-13(5-3-12)24-9-15(21)20-19-8-10-6-11(17)7-14(18)16(10)22/h2-8,22H,9H2,1H3,(H,20,21)/b19-8-. The summed E-state index contributed by atoms with van der Waals surface area (Å²) in [4.78, 5) is 11.7. The Bertz CT molecular complexity index is 748. The molecule has 0 aliphatic carbocycles. The fourth-order valence-corrected chi connectivity index (χ4v) is 2.97. The van der Waals surface area contributed by atoms with Crippen molar-refractivity contribution >= 4 is 44.0 Å². The zero-order chi connectivity index (χ0) is 17.5. The van der Waals surface area contributed by atoms with Crippen LogP contribution in [0.3, 0.4) is 0 Å². The smallest absolute Gasteiger partial charge is 0.277 e. The first-order valence-corrected chi connectivity index (χ1v) is 8.35. The molecule has 0 aliphatic heterocycles. The average Bonchev–Trinajstić information content (AvgIpc) is 2.57. The minimum absolute atomic E-state index is 0.0330. The molecule has 2 aromatic rings.